The van der Waals surface area contributed by atoms with Gasteiger partial charge in [-0.3, -0.25) is 9.89 Å². The van der Waals surface area contributed by atoms with E-state index in [9.17, 15) is 4.79 Å². The number of benzene rings is 2. The summed E-state index contributed by atoms with van der Waals surface area (Å²) in [7, 11) is 0. The highest BCUT2D eigenvalue weighted by Crippen LogP contribution is 2.26. The van der Waals surface area contributed by atoms with Crippen LogP contribution in [0.15, 0.2) is 48.7 Å². The molecule has 0 spiro atoms. The van der Waals surface area contributed by atoms with Crippen LogP contribution in [-0.4, -0.2) is 31.1 Å². The van der Waals surface area contributed by atoms with E-state index < -0.39 is 5.91 Å². The fourth-order valence-corrected chi connectivity index (χ4v) is 2.80. The zero-order chi connectivity index (χ0) is 17.4. The topological polar surface area (TPSA) is 88.5 Å². The van der Waals surface area contributed by atoms with Gasteiger partial charge in [0.05, 0.1) is 22.4 Å². The van der Waals surface area contributed by atoms with Crippen LogP contribution < -0.4 is 5.32 Å². The molecular weight excluding hydrogens is 340 g/mol. The Labute approximate surface area is 147 Å². The molecule has 2 aromatic carbocycles. The molecule has 4 rings (SSSR count). The molecule has 25 heavy (non-hydrogen) atoms. The van der Waals surface area contributed by atoms with Gasteiger partial charge in [-0.05, 0) is 30.7 Å². The van der Waals surface area contributed by atoms with Gasteiger partial charge in [-0.15, -0.1) is 5.10 Å². The van der Waals surface area contributed by atoms with Crippen LogP contribution in [0.4, 0.5) is 5.82 Å². The third-order valence-electron chi connectivity index (χ3n) is 3.87. The minimum Gasteiger partial charge on any atom is -0.303 e. The molecule has 2 N–H and O–H groups in total. The van der Waals surface area contributed by atoms with Gasteiger partial charge in [0.2, 0.25) is 0 Å². The number of rotatable bonds is 3. The average Bonchev–Trinajstić information content (AvgIpc) is 3.24. The maximum Gasteiger partial charge on any atom is 0.279 e. The molecule has 0 saturated carbocycles. The minimum absolute atomic E-state index is 0.196. The number of aryl methyl sites for hydroxylation is 1. The van der Waals surface area contributed by atoms with Crippen molar-refractivity contribution in [2.75, 3.05) is 5.32 Å². The quantitative estimate of drug-likeness (QED) is 0.591. The molecule has 0 aliphatic heterocycles. The molecule has 2 aromatic heterocycles. The molecule has 0 saturated heterocycles. The molecule has 0 atom stereocenters. The molecule has 7 nitrogen and oxygen atoms in total. The zero-order valence-electron chi connectivity index (χ0n) is 13.2. The molecule has 0 aliphatic rings. The van der Waals surface area contributed by atoms with Gasteiger partial charge in [-0.1, -0.05) is 41.1 Å². The van der Waals surface area contributed by atoms with E-state index in [1.54, 1.807) is 23.0 Å². The second-order valence-corrected chi connectivity index (χ2v) is 5.93. The Hall–Kier alpha value is -3.19. The summed E-state index contributed by atoms with van der Waals surface area (Å²) >= 11 is 6.10. The number of para-hydroxylation sites is 2. The average molecular weight is 353 g/mol. The number of aromatic nitrogens is 5. The number of aromatic amines is 1. The maximum absolute atomic E-state index is 12.5. The summed E-state index contributed by atoms with van der Waals surface area (Å²) < 4.78 is 1.57. The second-order valence-electron chi connectivity index (χ2n) is 5.52. The lowest BCUT2D eigenvalue weighted by Gasteiger charge is -2.03. The van der Waals surface area contributed by atoms with Gasteiger partial charge in [0.15, 0.2) is 11.5 Å². The number of carbonyl (C=O) groups excluding carboxylic acids is 1. The minimum atomic E-state index is -0.395. The van der Waals surface area contributed by atoms with E-state index in [1.165, 1.54) is 0 Å². The third-order valence-corrected chi connectivity index (χ3v) is 4.18. The van der Waals surface area contributed by atoms with Crippen molar-refractivity contribution < 1.29 is 4.79 Å². The number of anilines is 1. The van der Waals surface area contributed by atoms with Crippen LogP contribution in [0, 0.1) is 6.92 Å². The van der Waals surface area contributed by atoms with Crippen LogP contribution in [0.2, 0.25) is 5.02 Å². The molecule has 1 amide bonds. The zero-order valence-corrected chi connectivity index (χ0v) is 13.9. The lowest BCUT2D eigenvalue weighted by atomic mass is 10.2. The molecule has 0 fully saturated rings. The van der Waals surface area contributed by atoms with Gasteiger partial charge in [0.1, 0.15) is 0 Å². The fraction of sp³-hybridized carbons (Fsp3) is 0.0588. The summed E-state index contributed by atoms with van der Waals surface area (Å²) in [6, 6.07) is 13.1. The Balaban J connectivity index is 1.62. The number of carbonyl (C=O) groups is 1. The standard InChI is InChI=1S/C17H13ClN6O/c1-10-5-2-3-8-14(10)24-9-13(20-23-24)17(25)19-16-11-6-4-7-12(18)15(11)21-22-16/h2-9H,1H3,(H2,19,21,22,25). The molecule has 8 heteroatoms. The number of nitrogens with zero attached hydrogens (tertiary/aromatic N) is 4. The first kappa shape index (κ1) is 15.3. The van der Waals surface area contributed by atoms with E-state index in [0.29, 0.717) is 16.4 Å². The van der Waals surface area contributed by atoms with E-state index in [-0.39, 0.29) is 5.69 Å². The van der Waals surface area contributed by atoms with Gasteiger partial charge in [0, 0.05) is 5.39 Å². The predicted molar refractivity (Wildman–Crippen MR) is 95.2 cm³/mol. The van der Waals surface area contributed by atoms with Gasteiger partial charge < -0.3 is 5.32 Å². The summed E-state index contributed by atoms with van der Waals surface area (Å²) in [6.45, 7) is 1.97. The molecule has 124 valence electrons. The smallest absolute Gasteiger partial charge is 0.279 e. The van der Waals surface area contributed by atoms with Crippen molar-refractivity contribution in [1.82, 2.24) is 25.2 Å². The number of fused-ring (bicyclic) bond motifs is 1. The molecule has 0 unspecified atom stereocenters. The van der Waals surface area contributed by atoms with Gasteiger partial charge in [-0.25, -0.2) is 4.68 Å². The van der Waals surface area contributed by atoms with Gasteiger partial charge in [-0.2, -0.15) is 5.10 Å². The van der Waals surface area contributed by atoms with Gasteiger partial charge >= 0.3 is 0 Å². The summed E-state index contributed by atoms with van der Waals surface area (Å²) in [4.78, 5) is 12.5. The summed E-state index contributed by atoms with van der Waals surface area (Å²) in [5.74, 6) is 0.00107. The monoisotopic (exact) mass is 352 g/mol. The van der Waals surface area contributed by atoms with E-state index in [1.807, 2.05) is 37.3 Å². The van der Waals surface area contributed by atoms with Crippen LogP contribution in [0.3, 0.4) is 0 Å². The Morgan fingerprint density at radius 3 is 2.88 bits per heavy atom. The van der Waals surface area contributed by atoms with E-state index in [4.69, 9.17) is 11.6 Å². The van der Waals surface area contributed by atoms with Crippen molar-refractivity contribution in [2.45, 2.75) is 6.92 Å². The SMILES string of the molecule is Cc1ccccc1-n1cc(C(=O)Nc2n[nH]c3c(Cl)cccc23)nn1. The normalized spacial score (nSPS) is 11.0. The van der Waals surface area contributed by atoms with Crippen molar-refractivity contribution in [3.8, 4) is 5.69 Å². The highest BCUT2D eigenvalue weighted by Gasteiger charge is 2.16. The number of H-pyrrole nitrogens is 1. The molecule has 0 bridgehead atoms. The first-order valence-corrected chi connectivity index (χ1v) is 7.93. The summed E-state index contributed by atoms with van der Waals surface area (Å²) in [6.07, 6.45) is 1.58. The first-order chi connectivity index (χ1) is 12.1. The van der Waals surface area contributed by atoms with Crippen molar-refractivity contribution in [3.63, 3.8) is 0 Å². The molecule has 4 aromatic rings. The Morgan fingerprint density at radius 2 is 2.04 bits per heavy atom. The summed E-state index contributed by atoms with van der Waals surface area (Å²) in [5, 5.41) is 18.9. The number of amides is 1. The van der Waals surface area contributed by atoms with Crippen LogP contribution in [0.5, 0.6) is 0 Å². The van der Waals surface area contributed by atoms with Crippen LogP contribution >= 0.6 is 11.6 Å². The van der Waals surface area contributed by atoms with Crippen molar-refractivity contribution >= 4 is 34.2 Å². The first-order valence-electron chi connectivity index (χ1n) is 7.56. The maximum atomic E-state index is 12.5. The van der Waals surface area contributed by atoms with Gasteiger partial charge in [0.25, 0.3) is 5.91 Å². The Morgan fingerprint density at radius 1 is 1.20 bits per heavy atom. The third kappa shape index (κ3) is 2.74. The highest BCUT2D eigenvalue weighted by molar-refractivity contribution is 6.35. The van der Waals surface area contributed by atoms with Crippen molar-refractivity contribution in [1.29, 1.82) is 0 Å². The Kier molecular flexibility index (Phi) is 3.70. The Bertz CT molecular complexity index is 1080. The van der Waals surface area contributed by atoms with Crippen LogP contribution in [-0.2, 0) is 0 Å². The predicted octanol–water partition coefficient (Wildman–Crippen LogP) is 3.36. The molecular formula is C17H13ClN6O. The van der Waals surface area contributed by atoms with Crippen molar-refractivity contribution in [2.24, 2.45) is 0 Å². The summed E-state index contributed by atoms with van der Waals surface area (Å²) in [5.41, 5.74) is 2.77. The van der Waals surface area contributed by atoms with E-state index in [0.717, 1.165) is 16.6 Å². The van der Waals surface area contributed by atoms with Crippen molar-refractivity contribution in [3.05, 3.63) is 64.9 Å². The number of halogens is 1. The highest BCUT2D eigenvalue weighted by atomic mass is 35.5. The lowest BCUT2D eigenvalue weighted by Crippen LogP contribution is -2.13. The second kappa shape index (κ2) is 6.03. The molecule has 2 heterocycles. The molecule has 0 aliphatic carbocycles. The largest absolute Gasteiger partial charge is 0.303 e. The fourth-order valence-electron chi connectivity index (χ4n) is 2.58. The van der Waals surface area contributed by atoms with E-state index >= 15 is 0 Å². The number of hydrogen-bond donors (Lipinski definition) is 2. The van der Waals surface area contributed by atoms with Crippen LogP contribution in [0.25, 0.3) is 16.6 Å². The lowest BCUT2D eigenvalue weighted by molar-refractivity contribution is 0.102. The number of nitrogens with one attached hydrogen (secondary N) is 2. The molecule has 0 radical (unpaired) electrons. The van der Waals surface area contributed by atoms with E-state index in [2.05, 4.69) is 25.8 Å². The van der Waals surface area contributed by atoms with Crippen LogP contribution in [0.1, 0.15) is 16.1 Å². The number of hydrogen-bond acceptors (Lipinski definition) is 4.